The number of thioether (sulfide) groups is 1. The van der Waals surface area contributed by atoms with Gasteiger partial charge in [-0.1, -0.05) is 49.2 Å². The maximum Gasteiger partial charge on any atom is 0.293 e. The Kier molecular flexibility index (Phi) is 22.5. The molecular formula is C68H79ClN10O14S2. The maximum absolute atomic E-state index is 14.2. The van der Waals surface area contributed by atoms with Crippen LogP contribution >= 0.6 is 23.4 Å². The van der Waals surface area contributed by atoms with Crippen LogP contribution in [0.2, 0.25) is 5.02 Å². The van der Waals surface area contributed by atoms with Crippen LogP contribution in [-0.2, 0) is 49.9 Å². The summed E-state index contributed by atoms with van der Waals surface area (Å²) in [7, 11) is -4.66. The average molecular weight is 1360 g/mol. The summed E-state index contributed by atoms with van der Waals surface area (Å²) in [5, 5.41) is 19.4. The van der Waals surface area contributed by atoms with Crippen molar-refractivity contribution in [3.05, 3.63) is 146 Å². The number of piperazine rings is 1. The molecule has 1 unspecified atom stereocenters. The summed E-state index contributed by atoms with van der Waals surface area (Å²) in [5.41, 5.74) is 6.65. The molecule has 0 radical (unpaired) electrons. The molecular weight excluding hydrogens is 1280 g/mol. The van der Waals surface area contributed by atoms with Gasteiger partial charge < -0.3 is 48.7 Å². The number of amides is 5. The molecule has 5 aliphatic rings. The Morgan fingerprint density at radius 1 is 0.842 bits per heavy atom. The van der Waals surface area contributed by atoms with Crippen molar-refractivity contribution in [1.82, 2.24) is 34.7 Å². The van der Waals surface area contributed by atoms with Crippen LogP contribution in [-0.4, -0.2) is 185 Å². The third-order valence-corrected chi connectivity index (χ3v) is 20.6. The predicted octanol–water partition coefficient (Wildman–Crippen LogP) is 9.09. The first-order valence-electron chi connectivity index (χ1n) is 32.1. The monoisotopic (exact) mass is 1360 g/mol. The molecule has 6 aromatic rings. The lowest BCUT2D eigenvalue weighted by Crippen LogP contribution is -2.52. The summed E-state index contributed by atoms with van der Waals surface area (Å²) in [6, 6.07) is 25.1. The van der Waals surface area contributed by atoms with Gasteiger partial charge in [-0.15, -0.1) is 11.8 Å². The standard InChI is InChI=1S/C68H79ClN10O14S2/c1-68(2)20-16-48(55(39-68)46-6-8-49(69)9-7-46)42-75-24-26-76(27-25-75)50-10-12-54(60(37-50)93-51-36-47-17-21-70-64(47)72-41-51)65(82)74-95(87,88)52-11-13-57(59(38-52)79(85)86)71-40-45-18-22-77(23-19-45)63(81)44-92-33-32-90-29-28-89-30-31-91-34-35-94-61-5-3-4-53-56(61)43-78(67(53)84)58-14-15-62(80)73-66(58)83/h3-13,17,21,36-38,41,45,58,71H,14-16,18-20,22-35,39-40,42-44H2,1-2H3,(H,70,72)(H,74,82)(H,73,80,83). The van der Waals surface area contributed by atoms with Gasteiger partial charge in [0.15, 0.2) is 0 Å². The first-order chi connectivity index (χ1) is 45.8. The van der Waals surface area contributed by atoms with Crippen molar-refractivity contribution in [1.29, 1.82) is 0 Å². The SMILES string of the molecule is CC1(C)CCC(CN2CCN(c3ccc(C(=O)NS(=O)(=O)c4ccc(NCC5CCN(C(=O)COCCOCCOCCOCCSc6cccc7c6CN(C6CCC(=O)NC6=O)C7=O)CC5)c([N+](=O)[O-])c4)c(Oc4cnc5[nH]ccc5c4)c3)CC2)=C(c2ccc(Cl)cc2)C1. The first kappa shape index (κ1) is 68.4. The van der Waals surface area contributed by atoms with Crippen LogP contribution in [0.15, 0.2) is 119 Å². The lowest BCUT2D eigenvalue weighted by Gasteiger charge is -2.39. The number of rotatable bonds is 29. The third kappa shape index (κ3) is 17.6. The highest BCUT2D eigenvalue weighted by atomic mass is 35.5. The lowest BCUT2D eigenvalue weighted by molar-refractivity contribution is -0.384. The van der Waals surface area contributed by atoms with Crippen molar-refractivity contribution >= 4 is 96.6 Å². The Morgan fingerprint density at radius 3 is 2.32 bits per heavy atom. The highest BCUT2D eigenvalue weighted by Gasteiger charge is 2.40. The molecule has 3 saturated heterocycles. The number of hydrogen-bond acceptors (Lipinski definition) is 19. The molecule has 5 amide bonds. The summed E-state index contributed by atoms with van der Waals surface area (Å²) in [4.78, 5) is 92.0. The number of likely N-dealkylation sites (tertiary alicyclic amines) is 1. The van der Waals surface area contributed by atoms with Crippen LogP contribution in [0.3, 0.4) is 0 Å². The van der Waals surface area contributed by atoms with Gasteiger partial charge in [0.2, 0.25) is 17.7 Å². The number of carbonyl (C=O) groups is 5. The van der Waals surface area contributed by atoms with Crippen LogP contribution in [0.25, 0.3) is 16.6 Å². The van der Waals surface area contributed by atoms with E-state index >= 15 is 0 Å². The number of pyridine rings is 1. The summed E-state index contributed by atoms with van der Waals surface area (Å²) in [5.74, 6) is -0.998. The van der Waals surface area contributed by atoms with Crippen molar-refractivity contribution in [2.75, 3.05) is 121 Å². The molecule has 11 rings (SSSR count). The van der Waals surface area contributed by atoms with Crippen LogP contribution in [0.1, 0.15) is 90.6 Å². The number of hydrogen-bond donors (Lipinski definition) is 4. The second kappa shape index (κ2) is 31.3. The van der Waals surface area contributed by atoms with E-state index in [1.54, 1.807) is 52.0 Å². The molecule has 24 nitrogen and oxygen atoms in total. The minimum Gasteiger partial charge on any atom is -0.455 e. The number of fused-ring (bicyclic) bond motifs is 2. The van der Waals surface area contributed by atoms with E-state index in [4.69, 9.17) is 35.3 Å². The minimum atomic E-state index is -4.66. The Balaban J connectivity index is 0.589. The van der Waals surface area contributed by atoms with E-state index in [-0.39, 0.29) is 72.3 Å². The zero-order valence-corrected chi connectivity index (χ0v) is 55.6. The minimum absolute atomic E-state index is 0.0568. The molecule has 4 aliphatic heterocycles. The molecule has 1 aliphatic carbocycles. The predicted molar refractivity (Wildman–Crippen MR) is 359 cm³/mol. The van der Waals surface area contributed by atoms with Gasteiger partial charge in [0, 0.05) is 116 Å². The number of piperidine rings is 2. The van der Waals surface area contributed by atoms with Crippen molar-refractivity contribution in [2.24, 2.45) is 11.3 Å². The molecule has 504 valence electrons. The normalized spacial score (nSPS) is 17.9. The van der Waals surface area contributed by atoms with Crippen molar-refractivity contribution in [3.8, 4) is 11.5 Å². The number of aromatic amines is 1. The molecule has 95 heavy (non-hydrogen) atoms. The van der Waals surface area contributed by atoms with Gasteiger partial charge in [0.05, 0.1) is 67.8 Å². The van der Waals surface area contributed by atoms with E-state index in [1.165, 1.54) is 41.1 Å². The number of nitro groups is 1. The van der Waals surface area contributed by atoms with Gasteiger partial charge in [-0.25, -0.2) is 18.1 Å². The van der Waals surface area contributed by atoms with E-state index in [1.807, 2.05) is 30.3 Å². The number of nitrogens with one attached hydrogen (secondary N) is 4. The van der Waals surface area contributed by atoms with Crippen molar-refractivity contribution in [3.63, 3.8) is 0 Å². The second-order valence-corrected chi connectivity index (χ2v) is 28.3. The van der Waals surface area contributed by atoms with Crippen molar-refractivity contribution < 1.29 is 61.0 Å². The number of H-pyrrole nitrogens is 1. The van der Waals surface area contributed by atoms with Crippen LogP contribution in [0.5, 0.6) is 11.5 Å². The average Bonchev–Trinajstić information content (AvgIpc) is 1.75. The van der Waals surface area contributed by atoms with Crippen molar-refractivity contribution in [2.45, 2.75) is 81.2 Å². The Bertz CT molecular complexity index is 3950. The van der Waals surface area contributed by atoms with E-state index in [9.17, 15) is 42.5 Å². The topological polar surface area (TPSA) is 287 Å². The fourth-order valence-corrected chi connectivity index (χ4v) is 14.7. The number of halogens is 1. The Labute approximate surface area is 560 Å². The summed E-state index contributed by atoms with van der Waals surface area (Å²) >= 11 is 7.85. The summed E-state index contributed by atoms with van der Waals surface area (Å²) < 4.78 is 59.0. The molecule has 6 heterocycles. The number of anilines is 2. The fourth-order valence-electron chi connectivity index (χ4n) is 12.6. The second-order valence-electron chi connectivity index (χ2n) is 25.1. The number of allylic oxidation sites excluding steroid dienone is 1. The van der Waals surface area contributed by atoms with E-state index in [2.05, 4.69) is 61.1 Å². The number of nitro benzene ring substituents is 1. The number of nitrogens with zero attached hydrogens (tertiary/aromatic N) is 6. The van der Waals surface area contributed by atoms with Gasteiger partial charge in [-0.05, 0) is 127 Å². The quantitative estimate of drug-likeness (QED) is 0.0112. The van der Waals surface area contributed by atoms with Crippen LogP contribution in [0, 0.1) is 21.4 Å². The van der Waals surface area contributed by atoms with Gasteiger partial charge in [0.1, 0.15) is 35.5 Å². The zero-order chi connectivity index (χ0) is 66.6. The van der Waals surface area contributed by atoms with Gasteiger partial charge >= 0.3 is 0 Å². The molecule has 0 saturated carbocycles. The zero-order valence-electron chi connectivity index (χ0n) is 53.2. The highest BCUT2D eigenvalue weighted by Crippen LogP contribution is 2.44. The number of carbonyl (C=O) groups excluding carboxylic acids is 5. The molecule has 4 N–H and O–H groups in total. The number of ether oxygens (including phenoxy) is 5. The van der Waals surface area contributed by atoms with E-state index < -0.39 is 43.4 Å². The van der Waals surface area contributed by atoms with Crippen LogP contribution < -0.4 is 25.0 Å². The molecule has 3 fully saturated rings. The largest absolute Gasteiger partial charge is 0.455 e. The Hall–Kier alpha value is -7.95. The highest BCUT2D eigenvalue weighted by molar-refractivity contribution is 7.99. The number of aromatic nitrogens is 2. The van der Waals surface area contributed by atoms with Gasteiger partial charge in [-0.2, -0.15) is 0 Å². The summed E-state index contributed by atoms with van der Waals surface area (Å²) in [6.45, 7) is 12.3. The molecule has 2 aromatic heterocycles. The summed E-state index contributed by atoms with van der Waals surface area (Å²) in [6.07, 6.45) is 8.14. The number of sulfonamides is 1. The molecule has 1 atom stereocenters. The fraction of sp³-hybridized carbons (Fsp3) is 0.441. The third-order valence-electron chi connectivity index (χ3n) is 18.0. The molecule has 4 aromatic carbocycles. The lowest BCUT2D eigenvalue weighted by atomic mass is 9.72. The number of benzene rings is 4. The molecule has 27 heteroatoms. The molecule has 0 spiro atoms. The smallest absolute Gasteiger partial charge is 0.293 e. The van der Waals surface area contributed by atoms with Gasteiger partial charge in [0.25, 0.3) is 27.5 Å². The van der Waals surface area contributed by atoms with Gasteiger partial charge in [-0.3, -0.25) is 44.3 Å². The first-order valence-corrected chi connectivity index (χ1v) is 35.0. The van der Waals surface area contributed by atoms with Crippen LogP contribution in [0.4, 0.5) is 17.1 Å². The van der Waals surface area contributed by atoms with E-state index in [0.29, 0.717) is 119 Å². The maximum atomic E-state index is 14.2. The number of imide groups is 1. The van der Waals surface area contributed by atoms with E-state index in [0.717, 1.165) is 66.5 Å². The molecule has 0 bridgehead atoms. The Morgan fingerprint density at radius 2 is 1.58 bits per heavy atom.